The minimum absolute atomic E-state index is 0.146. The molecule has 2 aromatic rings. The Bertz CT molecular complexity index is 798. The third kappa shape index (κ3) is 3.04. The van der Waals surface area contributed by atoms with Crippen LogP contribution in [0.3, 0.4) is 0 Å². The molecule has 6 nitrogen and oxygen atoms in total. The van der Waals surface area contributed by atoms with Gasteiger partial charge in [-0.2, -0.15) is 4.98 Å². The van der Waals surface area contributed by atoms with Crippen LogP contribution in [0.5, 0.6) is 0 Å². The molecule has 0 unspecified atom stereocenters. The van der Waals surface area contributed by atoms with Gasteiger partial charge in [0.15, 0.2) is 0 Å². The average Bonchev–Trinajstić information content (AvgIpc) is 3.05. The van der Waals surface area contributed by atoms with E-state index in [2.05, 4.69) is 39.0 Å². The molecule has 0 atom stereocenters. The third-order valence-electron chi connectivity index (χ3n) is 5.01. The molecule has 0 bridgehead atoms. The van der Waals surface area contributed by atoms with Crippen molar-refractivity contribution in [2.24, 2.45) is 0 Å². The van der Waals surface area contributed by atoms with Crippen LogP contribution in [0, 0.1) is 6.92 Å². The van der Waals surface area contributed by atoms with Gasteiger partial charge in [0.1, 0.15) is 5.82 Å². The van der Waals surface area contributed by atoms with E-state index < -0.39 is 0 Å². The van der Waals surface area contributed by atoms with Crippen LogP contribution in [0.25, 0.3) is 0 Å². The number of aryl methyl sites for hydroxylation is 1. The number of benzene rings is 1. The van der Waals surface area contributed by atoms with E-state index in [0.29, 0.717) is 0 Å². The van der Waals surface area contributed by atoms with Crippen LogP contribution in [0.15, 0.2) is 30.3 Å². The zero-order chi connectivity index (χ0) is 17.4. The third-order valence-corrected chi connectivity index (χ3v) is 5.01. The van der Waals surface area contributed by atoms with Crippen molar-refractivity contribution in [2.45, 2.75) is 20.3 Å². The van der Waals surface area contributed by atoms with Crippen LogP contribution in [-0.4, -0.2) is 53.5 Å². The van der Waals surface area contributed by atoms with Crippen LogP contribution in [-0.2, 0) is 11.2 Å². The average molecular weight is 337 g/mol. The Morgan fingerprint density at radius 2 is 1.80 bits per heavy atom. The number of nitrogens with zero attached hydrogens (tertiary/aromatic N) is 5. The van der Waals surface area contributed by atoms with Crippen molar-refractivity contribution in [1.82, 2.24) is 14.9 Å². The van der Waals surface area contributed by atoms with Gasteiger partial charge in [-0.3, -0.25) is 4.79 Å². The van der Waals surface area contributed by atoms with E-state index >= 15 is 0 Å². The summed E-state index contributed by atoms with van der Waals surface area (Å²) >= 11 is 0. The maximum atomic E-state index is 11.5. The van der Waals surface area contributed by atoms with Crippen molar-refractivity contribution >= 4 is 23.4 Å². The van der Waals surface area contributed by atoms with E-state index in [-0.39, 0.29) is 5.91 Å². The van der Waals surface area contributed by atoms with Crippen LogP contribution in [0.1, 0.15) is 18.2 Å². The van der Waals surface area contributed by atoms with Gasteiger partial charge >= 0.3 is 0 Å². The van der Waals surface area contributed by atoms with Gasteiger partial charge in [0, 0.05) is 57.1 Å². The van der Waals surface area contributed by atoms with Crippen LogP contribution < -0.4 is 9.80 Å². The predicted molar refractivity (Wildman–Crippen MR) is 98.4 cm³/mol. The molecule has 0 spiro atoms. The minimum Gasteiger partial charge on any atom is -0.353 e. The number of hydrogen-bond donors (Lipinski definition) is 0. The van der Waals surface area contributed by atoms with Crippen molar-refractivity contribution in [3.63, 3.8) is 0 Å². The molecule has 4 rings (SSSR count). The summed E-state index contributed by atoms with van der Waals surface area (Å²) in [6.07, 6.45) is 1.03. The summed E-state index contributed by atoms with van der Waals surface area (Å²) in [7, 11) is 0. The van der Waals surface area contributed by atoms with E-state index in [9.17, 15) is 4.79 Å². The number of para-hydroxylation sites is 1. The first-order valence-electron chi connectivity index (χ1n) is 8.83. The second-order valence-corrected chi connectivity index (χ2v) is 6.69. The Hall–Kier alpha value is -2.63. The lowest BCUT2D eigenvalue weighted by atomic mass is 10.2. The molecule has 1 aromatic heterocycles. The topological polar surface area (TPSA) is 52.6 Å². The maximum Gasteiger partial charge on any atom is 0.232 e. The lowest BCUT2D eigenvalue weighted by Crippen LogP contribution is -2.48. The molecule has 1 amide bonds. The SMILES string of the molecule is CC(=O)N1CCN(c2cc(C)nc(N3CCc4ccccc43)n2)CC1. The van der Waals surface area contributed by atoms with E-state index in [1.54, 1.807) is 6.92 Å². The van der Waals surface area contributed by atoms with Crippen LogP contribution >= 0.6 is 0 Å². The molecule has 0 radical (unpaired) electrons. The smallest absolute Gasteiger partial charge is 0.232 e. The fourth-order valence-corrected chi connectivity index (χ4v) is 3.62. The van der Waals surface area contributed by atoms with Gasteiger partial charge in [0.25, 0.3) is 0 Å². The summed E-state index contributed by atoms with van der Waals surface area (Å²) in [5.74, 6) is 1.87. The van der Waals surface area contributed by atoms with Gasteiger partial charge in [-0.1, -0.05) is 18.2 Å². The number of amides is 1. The van der Waals surface area contributed by atoms with Gasteiger partial charge in [-0.25, -0.2) is 4.98 Å². The Kier molecular flexibility index (Phi) is 4.03. The van der Waals surface area contributed by atoms with E-state index in [4.69, 9.17) is 4.98 Å². The zero-order valence-corrected chi connectivity index (χ0v) is 14.8. The number of carbonyl (C=O) groups excluding carboxylic acids is 1. The predicted octanol–water partition coefficient (Wildman–Crippen LogP) is 2.15. The normalized spacial score (nSPS) is 17.0. The second kappa shape index (κ2) is 6.35. The highest BCUT2D eigenvalue weighted by Gasteiger charge is 2.24. The molecule has 6 heteroatoms. The highest BCUT2D eigenvalue weighted by molar-refractivity contribution is 5.73. The molecule has 2 aliphatic heterocycles. The lowest BCUT2D eigenvalue weighted by Gasteiger charge is -2.35. The first-order chi connectivity index (χ1) is 12.1. The van der Waals surface area contributed by atoms with E-state index in [1.807, 2.05) is 17.9 Å². The molecule has 2 aliphatic rings. The Morgan fingerprint density at radius 1 is 1.04 bits per heavy atom. The van der Waals surface area contributed by atoms with E-state index in [1.165, 1.54) is 11.3 Å². The number of aromatic nitrogens is 2. The molecule has 0 aliphatic carbocycles. The zero-order valence-electron chi connectivity index (χ0n) is 14.8. The Morgan fingerprint density at radius 3 is 2.56 bits per heavy atom. The van der Waals surface area contributed by atoms with Gasteiger partial charge < -0.3 is 14.7 Å². The van der Waals surface area contributed by atoms with Gasteiger partial charge in [0.2, 0.25) is 11.9 Å². The fourth-order valence-electron chi connectivity index (χ4n) is 3.62. The molecular weight excluding hydrogens is 314 g/mol. The summed E-state index contributed by atoms with van der Waals surface area (Å²) in [6.45, 7) is 7.69. The second-order valence-electron chi connectivity index (χ2n) is 6.69. The number of fused-ring (bicyclic) bond motifs is 1. The van der Waals surface area contributed by atoms with Gasteiger partial charge in [-0.15, -0.1) is 0 Å². The molecule has 1 fully saturated rings. The summed E-state index contributed by atoms with van der Waals surface area (Å²) in [4.78, 5) is 27.4. The highest BCUT2D eigenvalue weighted by atomic mass is 16.2. The van der Waals surface area contributed by atoms with Crippen LogP contribution in [0.4, 0.5) is 17.5 Å². The van der Waals surface area contributed by atoms with Crippen molar-refractivity contribution in [1.29, 1.82) is 0 Å². The first-order valence-corrected chi connectivity index (χ1v) is 8.83. The molecule has 1 aromatic carbocycles. The molecule has 130 valence electrons. The van der Waals surface area contributed by atoms with Crippen molar-refractivity contribution < 1.29 is 4.79 Å². The number of rotatable bonds is 2. The summed E-state index contributed by atoms with van der Waals surface area (Å²) < 4.78 is 0. The summed E-state index contributed by atoms with van der Waals surface area (Å²) in [6, 6.07) is 10.5. The Labute approximate surface area is 148 Å². The summed E-state index contributed by atoms with van der Waals surface area (Å²) in [5, 5.41) is 0. The van der Waals surface area contributed by atoms with Gasteiger partial charge in [-0.05, 0) is 25.0 Å². The number of carbonyl (C=O) groups is 1. The molecule has 3 heterocycles. The lowest BCUT2D eigenvalue weighted by molar-refractivity contribution is -0.129. The molecule has 0 saturated carbocycles. The number of piperazine rings is 1. The number of hydrogen-bond acceptors (Lipinski definition) is 5. The fraction of sp³-hybridized carbons (Fsp3) is 0.421. The minimum atomic E-state index is 0.146. The molecule has 0 N–H and O–H groups in total. The summed E-state index contributed by atoms with van der Waals surface area (Å²) in [5.41, 5.74) is 3.53. The van der Waals surface area contributed by atoms with Crippen molar-refractivity contribution in [3.05, 3.63) is 41.6 Å². The highest BCUT2D eigenvalue weighted by Crippen LogP contribution is 2.33. The molecule has 25 heavy (non-hydrogen) atoms. The Balaban J connectivity index is 1.59. The molecular formula is C19H23N5O. The quantitative estimate of drug-likeness (QED) is 0.840. The largest absolute Gasteiger partial charge is 0.353 e. The van der Waals surface area contributed by atoms with Crippen molar-refractivity contribution in [3.8, 4) is 0 Å². The van der Waals surface area contributed by atoms with Crippen LogP contribution in [0.2, 0.25) is 0 Å². The monoisotopic (exact) mass is 337 g/mol. The maximum absolute atomic E-state index is 11.5. The number of anilines is 3. The van der Waals surface area contributed by atoms with E-state index in [0.717, 1.165) is 56.6 Å². The standard InChI is InChI=1S/C19H23N5O/c1-14-13-18(23-11-9-22(10-12-23)15(2)25)21-19(20-14)24-8-7-16-5-3-4-6-17(16)24/h3-6,13H,7-12H2,1-2H3. The first kappa shape index (κ1) is 15.9. The molecule has 1 saturated heterocycles. The van der Waals surface area contributed by atoms with Crippen molar-refractivity contribution in [2.75, 3.05) is 42.5 Å². The van der Waals surface area contributed by atoms with Gasteiger partial charge in [0.05, 0.1) is 0 Å².